The van der Waals surface area contributed by atoms with Gasteiger partial charge >= 0.3 is 0 Å². The lowest BCUT2D eigenvalue weighted by Gasteiger charge is -2.43. The molecule has 26 heavy (non-hydrogen) atoms. The van der Waals surface area contributed by atoms with Gasteiger partial charge in [0.15, 0.2) is 5.79 Å². The summed E-state index contributed by atoms with van der Waals surface area (Å²) in [5.41, 5.74) is 2.06. The van der Waals surface area contributed by atoms with Crippen LogP contribution in [0, 0.1) is 5.92 Å². The Bertz CT molecular complexity index is 578. The van der Waals surface area contributed by atoms with Crippen LogP contribution in [0.3, 0.4) is 0 Å². The third-order valence-corrected chi connectivity index (χ3v) is 6.16. The average Bonchev–Trinajstić information content (AvgIpc) is 3.08. The number of rotatable bonds is 4. The molecule has 0 bridgehead atoms. The second kappa shape index (κ2) is 7.38. The second-order valence-electron chi connectivity index (χ2n) is 9.41. The van der Waals surface area contributed by atoms with Gasteiger partial charge in [-0.3, -0.25) is 4.90 Å². The molecule has 4 heteroatoms. The van der Waals surface area contributed by atoms with Gasteiger partial charge in [-0.2, -0.15) is 0 Å². The third-order valence-electron chi connectivity index (χ3n) is 6.16. The molecule has 0 radical (unpaired) electrons. The number of fused-ring (bicyclic) bond motifs is 1. The molecule has 148 valence electrons. The van der Waals surface area contributed by atoms with Crippen LogP contribution < -0.4 is 0 Å². The van der Waals surface area contributed by atoms with Crippen molar-refractivity contribution in [1.82, 2.24) is 4.90 Å². The monoisotopic (exact) mass is 363 g/mol. The summed E-state index contributed by atoms with van der Waals surface area (Å²) in [6, 6.07) is 0.349. The van der Waals surface area contributed by atoms with Gasteiger partial charge in [-0.25, -0.2) is 0 Å². The molecule has 3 aliphatic rings. The van der Waals surface area contributed by atoms with Gasteiger partial charge in [-0.1, -0.05) is 24.6 Å². The van der Waals surface area contributed by atoms with Gasteiger partial charge in [0.1, 0.15) is 6.10 Å². The molecule has 5 atom stereocenters. The van der Waals surface area contributed by atoms with Gasteiger partial charge < -0.3 is 14.6 Å². The topological polar surface area (TPSA) is 41.9 Å². The Morgan fingerprint density at radius 1 is 1.35 bits per heavy atom. The second-order valence-corrected chi connectivity index (χ2v) is 9.41. The summed E-state index contributed by atoms with van der Waals surface area (Å²) < 4.78 is 11.9. The summed E-state index contributed by atoms with van der Waals surface area (Å²) in [6.07, 6.45) is 8.97. The highest BCUT2D eigenvalue weighted by Gasteiger charge is 2.43. The first-order chi connectivity index (χ1) is 12.1. The van der Waals surface area contributed by atoms with E-state index in [1.165, 1.54) is 17.6 Å². The van der Waals surface area contributed by atoms with Crippen LogP contribution >= 0.6 is 0 Å². The maximum atomic E-state index is 10.8. The Morgan fingerprint density at radius 2 is 2.08 bits per heavy atom. The quantitative estimate of drug-likeness (QED) is 0.765. The van der Waals surface area contributed by atoms with Crippen LogP contribution in [0.1, 0.15) is 67.2 Å². The van der Waals surface area contributed by atoms with Gasteiger partial charge in [-0.15, -0.1) is 0 Å². The van der Waals surface area contributed by atoms with E-state index in [1.54, 1.807) is 0 Å². The van der Waals surface area contributed by atoms with Crippen molar-refractivity contribution in [3.05, 3.63) is 23.3 Å². The fourth-order valence-electron chi connectivity index (χ4n) is 5.09. The maximum Gasteiger partial charge on any atom is 0.164 e. The van der Waals surface area contributed by atoms with E-state index in [1.807, 2.05) is 20.8 Å². The molecule has 0 spiro atoms. The number of hydrogen-bond donors (Lipinski definition) is 1. The molecule has 3 rings (SSSR count). The van der Waals surface area contributed by atoms with E-state index in [4.69, 9.17) is 9.47 Å². The zero-order valence-electron chi connectivity index (χ0n) is 17.4. The molecular weight excluding hydrogens is 326 g/mol. The van der Waals surface area contributed by atoms with E-state index in [0.717, 1.165) is 32.4 Å². The minimum absolute atomic E-state index is 0.0469. The highest BCUT2D eigenvalue weighted by Crippen LogP contribution is 2.37. The largest absolute Gasteiger partial charge is 0.388 e. The number of aliphatic hydroxyl groups is 1. The van der Waals surface area contributed by atoms with Crippen molar-refractivity contribution in [3.63, 3.8) is 0 Å². The fourth-order valence-corrected chi connectivity index (χ4v) is 5.09. The first-order valence-corrected chi connectivity index (χ1v) is 10.3. The summed E-state index contributed by atoms with van der Waals surface area (Å²) in [4.78, 5) is 2.47. The predicted octanol–water partition coefficient (Wildman–Crippen LogP) is 4.04. The lowest BCUT2D eigenvalue weighted by Crippen LogP contribution is -2.52. The molecule has 0 aliphatic carbocycles. The zero-order chi connectivity index (χ0) is 19.1. The van der Waals surface area contributed by atoms with Crippen molar-refractivity contribution < 1.29 is 14.6 Å². The first kappa shape index (κ1) is 20.1. The number of ether oxygens (including phenoxy) is 2. The number of hydrogen-bond acceptors (Lipinski definition) is 4. The molecule has 0 saturated carbocycles. The standard InChI is InChI=1S/C22H37NO3/c1-15(9-10-16(2)20-17(3)25-21(4,5)26-20)12-18-13-22(6,24)19-8-7-11-23(19)14-18/h10,12,15,17,19-20,24H,7-9,11,13-14H2,1-6H3/b16-10+,18-12-/t15-,17-,19+,20-,22+/m1/s1. The third kappa shape index (κ3) is 4.41. The van der Waals surface area contributed by atoms with Crippen molar-refractivity contribution in [2.45, 2.75) is 96.9 Å². The molecular formula is C22H37NO3. The molecule has 0 unspecified atom stereocenters. The van der Waals surface area contributed by atoms with E-state index in [-0.39, 0.29) is 12.2 Å². The molecule has 0 aromatic heterocycles. The van der Waals surface area contributed by atoms with E-state index >= 15 is 0 Å². The molecule has 1 N–H and O–H groups in total. The SMILES string of the molecule is C/C(=C\C[C@@H](C)/C=C1\CN2CCC[C@H]2[C@@](C)(O)C1)[C@H]1OC(C)(C)O[C@@H]1C. The minimum atomic E-state index is -0.581. The molecule has 0 amide bonds. The van der Waals surface area contributed by atoms with Crippen LogP contribution in [0.5, 0.6) is 0 Å². The Kier molecular flexibility index (Phi) is 5.70. The van der Waals surface area contributed by atoms with Gasteiger partial charge in [0.05, 0.1) is 11.7 Å². The predicted molar refractivity (Wildman–Crippen MR) is 105 cm³/mol. The van der Waals surface area contributed by atoms with Crippen LogP contribution in [-0.2, 0) is 9.47 Å². The molecule has 3 saturated heterocycles. The minimum Gasteiger partial charge on any atom is -0.388 e. The summed E-state index contributed by atoms with van der Waals surface area (Å²) in [5, 5.41) is 10.8. The molecule has 0 aromatic carbocycles. The highest BCUT2D eigenvalue weighted by atomic mass is 16.7. The smallest absolute Gasteiger partial charge is 0.164 e. The van der Waals surface area contributed by atoms with Gasteiger partial charge in [0.2, 0.25) is 0 Å². The van der Waals surface area contributed by atoms with Gasteiger partial charge in [-0.05, 0) is 78.3 Å². The number of allylic oxidation sites excluding steroid dienone is 2. The van der Waals surface area contributed by atoms with E-state index in [0.29, 0.717) is 12.0 Å². The first-order valence-electron chi connectivity index (χ1n) is 10.3. The average molecular weight is 364 g/mol. The molecule has 3 aliphatic heterocycles. The molecule has 0 aromatic rings. The molecule has 3 heterocycles. The van der Waals surface area contributed by atoms with Crippen molar-refractivity contribution in [3.8, 4) is 0 Å². The summed E-state index contributed by atoms with van der Waals surface area (Å²) >= 11 is 0. The Balaban J connectivity index is 1.60. The molecule has 4 nitrogen and oxygen atoms in total. The Hall–Kier alpha value is -0.680. The Labute approximate surface area is 159 Å². The van der Waals surface area contributed by atoms with Crippen LogP contribution in [0.4, 0.5) is 0 Å². The van der Waals surface area contributed by atoms with Gasteiger partial charge in [0.25, 0.3) is 0 Å². The lowest BCUT2D eigenvalue weighted by molar-refractivity contribution is -0.142. The maximum absolute atomic E-state index is 10.8. The van der Waals surface area contributed by atoms with Crippen molar-refractivity contribution >= 4 is 0 Å². The number of piperidine rings is 1. The van der Waals surface area contributed by atoms with E-state index < -0.39 is 11.4 Å². The molecule has 3 fully saturated rings. The summed E-state index contributed by atoms with van der Waals surface area (Å²) in [6.45, 7) is 14.6. The van der Waals surface area contributed by atoms with Crippen LogP contribution in [0.2, 0.25) is 0 Å². The Morgan fingerprint density at radius 3 is 2.73 bits per heavy atom. The summed E-state index contributed by atoms with van der Waals surface area (Å²) in [5.74, 6) is -0.0345. The number of nitrogens with zero attached hydrogens (tertiary/aromatic N) is 1. The van der Waals surface area contributed by atoms with E-state index in [2.05, 4.69) is 37.8 Å². The highest BCUT2D eigenvalue weighted by molar-refractivity contribution is 5.18. The van der Waals surface area contributed by atoms with Crippen LogP contribution in [0.15, 0.2) is 23.3 Å². The van der Waals surface area contributed by atoms with Crippen molar-refractivity contribution in [2.24, 2.45) is 5.92 Å². The van der Waals surface area contributed by atoms with Crippen LogP contribution in [0.25, 0.3) is 0 Å². The van der Waals surface area contributed by atoms with Gasteiger partial charge in [0, 0.05) is 12.6 Å². The van der Waals surface area contributed by atoms with E-state index in [9.17, 15) is 5.11 Å². The summed E-state index contributed by atoms with van der Waals surface area (Å²) in [7, 11) is 0. The lowest BCUT2D eigenvalue weighted by atomic mass is 9.82. The van der Waals surface area contributed by atoms with Crippen molar-refractivity contribution in [2.75, 3.05) is 13.1 Å². The fraction of sp³-hybridized carbons (Fsp3) is 0.818. The zero-order valence-corrected chi connectivity index (χ0v) is 17.4. The van der Waals surface area contributed by atoms with Crippen molar-refractivity contribution in [1.29, 1.82) is 0 Å². The normalized spacial score (nSPS) is 40.8. The van der Waals surface area contributed by atoms with Crippen LogP contribution in [-0.4, -0.2) is 52.7 Å².